The minimum absolute atomic E-state index is 0.151. The van der Waals surface area contributed by atoms with E-state index < -0.39 is 0 Å². The summed E-state index contributed by atoms with van der Waals surface area (Å²) in [5.41, 5.74) is 2.63. The van der Waals surface area contributed by atoms with Gasteiger partial charge in [0.15, 0.2) is 0 Å². The molecule has 0 bridgehead atoms. The number of nitroso groups, excluding NO2 is 1. The Bertz CT molecular complexity index is 355. The molecule has 15 heavy (non-hydrogen) atoms. The van der Waals surface area contributed by atoms with E-state index in [-0.39, 0.29) is 12.0 Å². The highest BCUT2D eigenvalue weighted by Crippen LogP contribution is 2.30. The minimum atomic E-state index is -0.174. The van der Waals surface area contributed by atoms with Crippen molar-refractivity contribution >= 4 is 0 Å². The summed E-state index contributed by atoms with van der Waals surface area (Å²) in [6.07, 6.45) is 9.47. The Hall–Kier alpha value is -1.38. The molecule has 2 atom stereocenters. The van der Waals surface area contributed by atoms with E-state index in [1.54, 1.807) is 0 Å². The van der Waals surface area contributed by atoms with Gasteiger partial charge >= 0.3 is 0 Å². The molecule has 1 saturated heterocycles. The van der Waals surface area contributed by atoms with Crippen molar-refractivity contribution in [1.29, 1.82) is 0 Å². The Balaban J connectivity index is 2.27. The van der Waals surface area contributed by atoms with Crippen LogP contribution in [0.5, 0.6) is 0 Å². The van der Waals surface area contributed by atoms with Crippen LogP contribution in [-0.4, -0.2) is 24.5 Å². The predicted octanol–water partition coefficient (Wildman–Crippen LogP) is 2.47. The number of hydrogen-bond acceptors (Lipinski definition) is 3. The fourth-order valence-electron chi connectivity index (χ4n) is 2.12. The lowest BCUT2D eigenvalue weighted by Crippen LogP contribution is -2.10. The second kappa shape index (κ2) is 4.01. The Labute approximate surface area is 90.1 Å². The molecule has 2 rings (SSSR count). The normalized spacial score (nSPS) is 26.5. The number of allylic oxidation sites excluding steroid dienone is 3. The van der Waals surface area contributed by atoms with E-state index in [1.807, 2.05) is 13.0 Å². The zero-order valence-electron chi connectivity index (χ0n) is 9.18. The number of rotatable bonds is 2. The van der Waals surface area contributed by atoms with Gasteiger partial charge in [-0.2, -0.15) is 4.91 Å². The zero-order valence-corrected chi connectivity index (χ0v) is 9.18. The number of hydrogen-bond donors (Lipinski definition) is 0. The van der Waals surface area contributed by atoms with Gasteiger partial charge in [0.05, 0.1) is 6.04 Å². The van der Waals surface area contributed by atoms with Crippen molar-refractivity contribution in [3.8, 4) is 0 Å². The molecule has 1 fully saturated rings. The third kappa shape index (κ3) is 1.87. The maximum atomic E-state index is 10.5. The number of likely N-dealkylation sites (tertiary alicyclic amines) is 1. The minimum Gasteiger partial charge on any atom is -0.374 e. The average Bonchev–Trinajstić information content (AvgIpc) is 2.50. The molecule has 0 aromatic heterocycles. The smallest absolute Gasteiger partial charge is 0.0988 e. The van der Waals surface area contributed by atoms with Crippen LogP contribution < -0.4 is 0 Å². The molecule has 2 aliphatic rings. The van der Waals surface area contributed by atoms with Crippen LogP contribution in [0.1, 0.15) is 13.3 Å². The molecular formula is C12H16N2O. The first kappa shape index (κ1) is 10.1. The number of nitrogens with zero attached hydrogens (tertiary/aromatic N) is 2. The molecule has 0 radical (unpaired) electrons. The Morgan fingerprint density at radius 1 is 1.60 bits per heavy atom. The third-order valence-electron chi connectivity index (χ3n) is 3.16. The van der Waals surface area contributed by atoms with Gasteiger partial charge in [0, 0.05) is 25.2 Å². The van der Waals surface area contributed by atoms with Crippen LogP contribution >= 0.6 is 0 Å². The van der Waals surface area contributed by atoms with Gasteiger partial charge in [-0.05, 0) is 25.0 Å². The first-order valence-electron chi connectivity index (χ1n) is 5.35. The molecule has 1 aliphatic heterocycles. The highest BCUT2D eigenvalue weighted by Gasteiger charge is 2.22. The van der Waals surface area contributed by atoms with Crippen molar-refractivity contribution in [2.75, 3.05) is 13.6 Å². The molecule has 0 spiro atoms. The van der Waals surface area contributed by atoms with Gasteiger partial charge in [0.25, 0.3) is 0 Å². The van der Waals surface area contributed by atoms with E-state index in [1.165, 1.54) is 11.3 Å². The van der Waals surface area contributed by atoms with E-state index in [0.717, 1.165) is 13.0 Å². The lowest BCUT2D eigenvalue weighted by Gasteiger charge is -2.12. The van der Waals surface area contributed by atoms with Gasteiger partial charge < -0.3 is 4.90 Å². The van der Waals surface area contributed by atoms with E-state index >= 15 is 0 Å². The monoisotopic (exact) mass is 204 g/mol. The molecule has 2 unspecified atom stereocenters. The fourth-order valence-corrected chi connectivity index (χ4v) is 2.12. The van der Waals surface area contributed by atoms with E-state index in [9.17, 15) is 4.91 Å². The standard InChI is InChI=1S/C12H16N2O/c1-9(13-15)10-4-3-5-12-11(8-10)6-7-14(12)2/h3-5,8-10H,6-7H2,1-2H3. The highest BCUT2D eigenvalue weighted by atomic mass is 16.3. The summed E-state index contributed by atoms with van der Waals surface area (Å²) in [5, 5.41) is 3.10. The quantitative estimate of drug-likeness (QED) is 0.647. The van der Waals surface area contributed by atoms with Crippen LogP contribution in [0.15, 0.2) is 40.8 Å². The summed E-state index contributed by atoms with van der Waals surface area (Å²) in [7, 11) is 2.10. The van der Waals surface area contributed by atoms with Gasteiger partial charge in [-0.3, -0.25) is 0 Å². The van der Waals surface area contributed by atoms with Crippen molar-refractivity contribution in [1.82, 2.24) is 4.90 Å². The molecule has 0 N–H and O–H groups in total. The lowest BCUT2D eigenvalue weighted by molar-refractivity contribution is 0.482. The lowest BCUT2D eigenvalue weighted by atomic mass is 9.98. The molecule has 0 aromatic rings. The van der Waals surface area contributed by atoms with Crippen molar-refractivity contribution < 1.29 is 0 Å². The molecule has 0 aromatic carbocycles. The topological polar surface area (TPSA) is 32.7 Å². The first-order chi connectivity index (χ1) is 7.22. The fraction of sp³-hybridized carbons (Fsp3) is 0.500. The maximum absolute atomic E-state index is 10.5. The first-order valence-corrected chi connectivity index (χ1v) is 5.35. The van der Waals surface area contributed by atoms with Gasteiger partial charge in [0.2, 0.25) is 0 Å². The summed E-state index contributed by atoms with van der Waals surface area (Å²) >= 11 is 0. The summed E-state index contributed by atoms with van der Waals surface area (Å²) in [6, 6.07) is -0.174. The number of likely N-dealkylation sites (N-methyl/N-ethyl adjacent to an activating group) is 1. The Morgan fingerprint density at radius 2 is 2.40 bits per heavy atom. The summed E-state index contributed by atoms with van der Waals surface area (Å²) in [6.45, 7) is 2.93. The Kier molecular flexibility index (Phi) is 2.71. The second-order valence-electron chi connectivity index (χ2n) is 4.22. The summed E-state index contributed by atoms with van der Waals surface area (Å²) in [5.74, 6) is 0.151. The van der Waals surface area contributed by atoms with Crippen molar-refractivity contribution in [3.63, 3.8) is 0 Å². The van der Waals surface area contributed by atoms with Crippen LogP contribution in [-0.2, 0) is 0 Å². The molecule has 0 saturated carbocycles. The van der Waals surface area contributed by atoms with Crippen molar-refractivity contribution in [2.24, 2.45) is 11.1 Å². The van der Waals surface area contributed by atoms with Crippen LogP contribution in [0.2, 0.25) is 0 Å². The SMILES string of the molecule is CC(N=O)C1C=CC=C2C(=C1)CCN2C. The molecule has 0 amide bonds. The zero-order chi connectivity index (χ0) is 10.8. The highest BCUT2D eigenvalue weighted by molar-refractivity contribution is 5.40. The van der Waals surface area contributed by atoms with Crippen LogP contribution in [0, 0.1) is 10.8 Å². The maximum Gasteiger partial charge on any atom is 0.0988 e. The molecule has 80 valence electrons. The van der Waals surface area contributed by atoms with Gasteiger partial charge in [-0.15, -0.1) is 0 Å². The molecule has 1 aliphatic carbocycles. The van der Waals surface area contributed by atoms with Crippen LogP contribution in [0.3, 0.4) is 0 Å². The van der Waals surface area contributed by atoms with Crippen molar-refractivity contribution in [3.05, 3.63) is 40.5 Å². The largest absolute Gasteiger partial charge is 0.374 e. The van der Waals surface area contributed by atoms with Crippen LogP contribution in [0.4, 0.5) is 0 Å². The van der Waals surface area contributed by atoms with Crippen LogP contribution in [0.25, 0.3) is 0 Å². The molecular weight excluding hydrogens is 188 g/mol. The third-order valence-corrected chi connectivity index (χ3v) is 3.16. The van der Waals surface area contributed by atoms with E-state index in [0.29, 0.717) is 0 Å². The molecule has 3 nitrogen and oxygen atoms in total. The average molecular weight is 204 g/mol. The van der Waals surface area contributed by atoms with Gasteiger partial charge in [-0.25, -0.2) is 0 Å². The Morgan fingerprint density at radius 3 is 3.13 bits per heavy atom. The van der Waals surface area contributed by atoms with Gasteiger partial charge in [-0.1, -0.05) is 23.4 Å². The summed E-state index contributed by atoms with van der Waals surface area (Å²) < 4.78 is 0. The van der Waals surface area contributed by atoms with E-state index in [2.05, 4.69) is 35.4 Å². The molecule has 1 heterocycles. The number of fused-ring (bicyclic) bond motifs is 1. The molecule has 3 heteroatoms. The van der Waals surface area contributed by atoms with E-state index in [4.69, 9.17) is 0 Å². The summed E-state index contributed by atoms with van der Waals surface area (Å²) in [4.78, 5) is 12.8. The predicted molar refractivity (Wildman–Crippen MR) is 61.3 cm³/mol. The second-order valence-corrected chi connectivity index (χ2v) is 4.22. The van der Waals surface area contributed by atoms with Crippen molar-refractivity contribution in [2.45, 2.75) is 19.4 Å². The van der Waals surface area contributed by atoms with Gasteiger partial charge in [0.1, 0.15) is 0 Å².